The molecule has 0 aromatic carbocycles. The van der Waals surface area contributed by atoms with E-state index in [1.54, 1.807) is 0 Å². The Morgan fingerprint density at radius 1 is 1.16 bits per heavy atom. The van der Waals surface area contributed by atoms with Crippen LogP contribution in [-0.2, 0) is 18.3 Å². The van der Waals surface area contributed by atoms with Crippen LogP contribution < -0.4 is 10.2 Å². The molecular formula is C21H33IN8O. The van der Waals surface area contributed by atoms with Crippen LogP contribution in [0.25, 0.3) is 0 Å². The van der Waals surface area contributed by atoms with Gasteiger partial charge < -0.3 is 24.8 Å². The monoisotopic (exact) mass is 540 g/mol. The van der Waals surface area contributed by atoms with Gasteiger partial charge in [0.05, 0.1) is 19.3 Å². The van der Waals surface area contributed by atoms with E-state index in [9.17, 15) is 0 Å². The second kappa shape index (κ2) is 11.1. The van der Waals surface area contributed by atoms with Crippen LogP contribution in [0.5, 0.6) is 0 Å². The molecule has 2 aromatic heterocycles. The van der Waals surface area contributed by atoms with E-state index in [1.165, 1.54) is 0 Å². The average Bonchev–Trinajstić information content (AvgIpc) is 3.22. The lowest BCUT2D eigenvalue weighted by Gasteiger charge is -2.34. The zero-order valence-electron chi connectivity index (χ0n) is 18.6. The molecule has 0 bridgehead atoms. The van der Waals surface area contributed by atoms with Gasteiger partial charge in [-0.1, -0.05) is 6.07 Å². The van der Waals surface area contributed by atoms with Gasteiger partial charge in [-0.2, -0.15) is 5.10 Å². The Hall–Kier alpha value is -1.92. The van der Waals surface area contributed by atoms with E-state index in [0.29, 0.717) is 13.2 Å². The van der Waals surface area contributed by atoms with Crippen LogP contribution >= 0.6 is 24.0 Å². The summed E-state index contributed by atoms with van der Waals surface area (Å²) in [5, 5.41) is 7.74. The number of pyridine rings is 1. The fourth-order valence-corrected chi connectivity index (χ4v) is 3.91. The molecule has 4 heterocycles. The zero-order chi connectivity index (χ0) is 20.9. The molecule has 9 nitrogen and oxygen atoms in total. The molecule has 2 aliphatic rings. The highest BCUT2D eigenvalue weighted by Crippen LogP contribution is 2.21. The molecule has 0 spiro atoms. The molecule has 0 aliphatic carbocycles. The first-order chi connectivity index (χ1) is 14.6. The highest BCUT2D eigenvalue weighted by molar-refractivity contribution is 14.0. The third-order valence-corrected chi connectivity index (χ3v) is 5.76. The van der Waals surface area contributed by atoms with Gasteiger partial charge in [0.1, 0.15) is 11.9 Å². The number of hydrogen-bond acceptors (Lipinski definition) is 6. The third kappa shape index (κ3) is 6.07. The van der Waals surface area contributed by atoms with E-state index in [0.717, 1.165) is 62.2 Å². The van der Waals surface area contributed by atoms with Crippen molar-refractivity contribution in [3.05, 3.63) is 41.9 Å². The quantitative estimate of drug-likeness (QED) is 0.357. The summed E-state index contributed by atoms with van der Waals surface area (Å²) in [7, 11) is 5.92. The Balaban J connectivity index is 0.00000272. The first-order valence-corrected chi connectivity index (χ1v) is 10.6. The van der Waals surface area contributed by atoms with Crippen LogP contribution in [0, 0.1) is 0 Å². The van der Waals surface area contributed by atoms with Crippen molar-refractivity contribution in [3.8, 4) is 0 Å². The Morgan fingerprint density at radius 2 is 1.97 bits per heavy atom. The summed E-state index contributed by atoms with van der Waals surface area (Å²) in [6.45, 7) is 7.16. The molecule has 10 heteroatoms. The predicted molar refractivity (Wildman–Crippen MR) is 133 cm³/mol. The van der Waals surface area contributed by atoms with Gasteiger partial charge in [0.15, 0.2) is 5.96 Å². The number of piperazine rings is 1. The fraction of sp³-hybridized carbons (Fsp3) is 0.571. The number of morpholine rings is 1. The number of hydrogen-bond donors (Lipinski definition) is 1. The number of aromatic nitrogens is 3. The molecule has 2 aromatic rings. The molecule has 0 radical (unpaired) electrons. The number of aliphatic imine (C=N–C) groups is 1. The Bertz CT molecular complexity index is 847. The highest BCUT2D eigenvalue weighted by Gasteiger charge is 2.25. The van der Waals surface area contributed by atoms with Crippen LogP contribution in [0.1, 0.15) is 17.2 Å². The smallest absolute Gasteiger partial charge is 0.194 e. The standard InChI is InChI=1S/C21H32N8O.HI/c1-22-21(29-10-11-30-19(16-29)18-14-25-27(3)15-18)24-13-17-4-5-20(23-12-17)28-8-6-26(2)7-9-28;/h4-5,12,14-15,19H,6-11,13,16H2,1-3H3,(H,22,24);1H. The van der Waals surface area contributed by atoms with Gasteiger partial charge in [0, 0.05) is 71.3 Å². The van der Waals surface area contributed by atoms with Crippen molar-refractivity contribution in [1.29, 1.82) is 0 Å². The van der Waals surface area contributed by atoms with E-state index in [4.69, 9.17) is 4.74 Å². The summed E-state index contributed by atoms with van der Waals surface area (Å²) in [6.07, 6.45) is 5.86. The van der Waals surface area contributed by atoms with Gasteiger partial charge in [0.2, 0.25) is 0 Å². The maximum Gasteiger partial charge on any atom is 0.194 e. The number of halogens is 1. The Morgan fingerprint density at radius 3 is 2.61 bits per heavy atom. The number of nitrogens with zero attached hydrogens (tertiary/aromatic N) is 7. The molecule has 2 saturated heterocycles. The van der Waals surface area contributed by atoms with Crippen molar-refractivity contribution in [1.82, 2.24) is 29.9 Å². The average molecular weight is 540 g/mol. The molecule has 1 N–H and O–H groups in total. The van der Waals surface area contributed by atoms with Crippen LogP contribution in [0.4, 0.5) is 5.82 Å². The highest BCUT2D eigenvalue weighted by atomic mass is 127. The minimum absolute atomic E-state index is 0. The second-order valence-corrected chi connectivity index (χ2v) is 7.97. The van der Waals surface area contributed by atoms with Crippen molar-refractivity contribution < 1.29 is 4.74 Å². The topological polar surface area (TPSA) is 74.1 Å². The van der Waals surface area contributed by atoms with Crippen molar-refractivity contribution >= 4 is 35.8 Å². The lowest BCUT2D eigenvalue weighted by atomic mass is 10.1. The lowest BCUT2D eigenvalue weighted by molar-refractivity contribution is -0.00805. The first kappa shape index (κ1) is 23.7. The summed E-state index contributed by atoms with van der Waals surface area (Å²) < 4.78 is 7.76. The maximum atomic E-state index is 5.95. The number of aryl methyl sites for hydroxylation is 1. The molecule has 170 valence electrons. The fourth-order valence-electron chi connectivity index (χ4n) is 3.91. The normalized spacial score (nSPS) is 20.5. The van der Waals surface area contributed by atoms with Crippen molar-refractivity contribution in [2.75, 3.05) is 64.9 Å². The maximum absolute atomic E-state index is 5.95. The molecule has 1 unspecified atom stereocenters. The number of rotatable bonds is 4. The van der Waals surface area contributed by atoms with Gasteiger partial charge >= 0.3 is 0 Å². The SMILES string of the molecule is CN=C(NCc1ccc(N2CCN(C)CC2)nc1)N1CCOC(c2cnn(C)c2)C1.I. The van der Waals surface area contributed by atoms with Gasteiger partial charge in [-0.15, -0.1) is 24.0 Å². The van der Waals surface area contributed by atoms with Crippen molar-refractivity contribution in [3.63, 3.8) is 0 Å². The van der Waals surface area contributed by atoms with E-state index >= 15 is 0 Å². The molecule has 0 saturated carbocycles. The number of likely N-dealkylation sites (N-methyl/N-ethyl adjacent to an activating group) is 1. The predicted octanol–water partition coefficient (Wildman–Crippen LogP) is 1.33. The zero-order valence-corrected chi connectivity index (χ0v) is 20.9. The molecule has 2 aliphatic heterocycles. The third-order valence-electron chi connectivity index (χ3n) is 5.76. The minimum atomic E-state index is 0. The number of guanidine groups is 1. The molecule has 1 atom stereocenters. The lowest BCUT2D eigenvalue weighted by Crippen LogP contribution is -2.47. The van der Waals surface area contributed by atoms with Gasteiger partial charge in [0.25, 0.3) is 0 Å². The Labute approximate surface area is 201 Å². The summed E-state index contributed by atoms with van der Waals surface area (Å²) >= 11 is 0. The van der Waals surface area contributed by atoms with Crippen LogP contribution in [0.3, 0.4) is 0 Å². The molecule has 2 fully saturated rings. The van der Waals surface area contributed by atoms with E-state index in [2.05, 4.69) is 54.3 Å². The minimum Gasteiger partial charge on any atom is -0.370 e. The largest absolute Gasteiger partial charge is 0.370 e. The molecule has 31 heavy (non-hydrogen) atoms. The molecular weight excluding hydrogens is 507 g/mol. The number of anilines is 1. The van der Waals surface area contributed by atoms with E-state index in [-0.39, 0.29) is 30.1 Å². The van der Waals surface area contributed by atoms with Crippen LogP contribution in [0.2, 0.25) is 0 Å². The molecule has 4 rings (SSSR count). The molecule has 0 amide bonds. The summed E-state index contributed by atoms with van der Waals surface area (Å²) in [4.78, 5) is 16.1. The van der Waals surface area contributed by atoms with Gasteiger partial charge in [-0.3, -0.25) is 9.67 Å². The van der Waals surface area contributed by atoms with Gasteiger partial charge in [-0.25, -0.2) is 4.98 Å². The Kier molecular flexibility index (Phi) is 8.50. The number of nitrogens with one attached hydrogen (secondary N) is 1. The van der Waals surface area contributed by atoms with Crippen molar-refractivity contribution in [2.24, 2.45) is 12.0 Å². The summed E-state index contributed by atoms with van der Waals surface area (Å²) in [5.74, 6) is 1.94. The van der Waals surface area contributed by atoms with E-state index in [1.807, 2.05) is 37.4 Å². The summed E-state index contributed by atoms with van der Waals surface area (Å²) in [5.41, 5.74) is 2.24. The number of ether oxygens (including phenoxy) is 1. The second-order valence-electron chi connectivity index (χ2n) is 7.97. The van der Waals surface area contributed by atoms with Crippen molar-refractivity contribution in [2.45, 2.75) is 12.6 Å². The first-order valence-electron chi connectivity index (χ1n) is 10.6. The van der Waals surface area contributed by atoms with Gasteiger partial charge in [-0.05, 0) is 18.7 Å². The van der Waals surface area contributed by atoms with Crippen LogP contribution in [0.15, 0.2) is 35.7 Å². The van der Waals surface area contributed by atoms with Crippen LogP contribution in [-0.4, -0.2) is 90.5 Å². The van der Waals surface area contributed by atoms with E-state index < -0.39 is 0 Å². The summed E-state index contributed by atoms with van der Waals surface area (Å²) in [6, 6.07) is 4.27.